The number of hydrogen-bond donors (Lipinski definition) is 2. The van der Waals surface area contributed by atoms with Crippen LogP contribution in [0.2, 0.25) is 5.02 Å². The molecule has 0 saturated heterocycles. The summed E-state index contributed by atoms with van der Waals surface area (Å²) in [6.45, 7) is 5.92. The van der Waals surface area contributed by atoms with Gasteiger partial charge in [0.2, 0.25) is 5.91 Å². The first-order valence-electron chi connectivity index (χ1n) is 6.65. The third kappa shape index (κ3) is 4.88. The van der Waals surface area contributed by atoms with E-state index in [2.05, 4.69) is 17.2 Å². The van der Waals surface area contributed by atoms with Crippen LogP contribution in [0.5, 0.6) is 0 Å². The molecule has 1 amide bonds. The van der Waals surface area contributed by atoms with Crippen LogP contribution in [0.4, 0.5) is 5.69 Å². The lowest BCUT2D eigenvalue weighted by Crippen LogP contribution is -2.24. The van der Waals surface area contributed by atoms with Gasteiger partial charge in [0.1, 0.15) is 0 Å². The second-order valence-electron chi connectivity index (χ2n) is 4.99. The summed E-state index contributed by atoms with van der Waals surface area (Å²) in [4.78, 5) is 12.1. The summed E-state index contributed by atoms with van der Waals surface area (Å²) in [5.41, 5.74) is 1.31. The fourth-order valence-corrected chi connectivity index (χ4v) is 1.66. The van der Waals surface area contributed by atoms with Crippen molar-refractivity contribution < 1.29 is 9.90 Å². The molecule has 1 rings (SSSR count). The molecule has 1 aromatic rings. The molecule has 0 bridgehead atoms. The van der Waals surface area contributed by atoms with Crippen LogP contribution in [0.25, 0.3) is 0 Å². The zero-order valence-electron chi connectivity index (χ0n) is 12.0. The molecule has 0 aliphatic carbocycles. The average Bonchev–Trinajstić information content (AvgIpc) is 2.40. The van der Waals surface area contributed by atoms with Gasteiger partial charge in [-0.05, 0) is 24.1 Å². The predicted octanol–water partition coefficient (Wildman–Crippen LogP) is 3.30. The van der Waals surface area contributed by atoms with Crippen molar-refractivity contribution in [3.05, 3.63) is 28.8 Å². The molecular weight excluding hydrogens is 274 g/mol. The smallest absolute Gasteiger partial charge is 0.227 e. The standard InChI is InChI=1S/C16H20ClNO2/c1-11(2)12(3)16(20)18-15-10-14(17)8-7-13(15)6-4-5-9-19/h7-8,10-12,19H,5,9H2,1-3H3,(H,18,20). The van der Waals surface area contributed by atoms with Crippen molar-refractivity contribution in [2.45, 2.75) is 27.2 Å². The molecule has 0 saturated carbocycles. The number of anilines is 1. The number of halogens is 1. The summed E-state index contributed by atoms with van der Waals surface area (Å²) >= 11 is 5.96. The summed E-state index contributed by atoms with van der Waals surface area (Å²) in [7, 11) is 0. The molecule has 0 spiro atoms. The number of amides is 1. The van der Waals surface area contributed by atoms with Crippen LogP contribution in [0, 0.1) is 23.7 Å². The Labute approximate surface area is 125 Å². The molecular formula is C16H20ClNO2. The van der Waals surface area contributed by atoms with Crippen molar-refractivity contribution in [2.75, 3.05) is 11.9 Å². The number of nitrogens with one attached hydrogen (secondary N) is 1. The van der Waals surface area contributed by atoms with Crippen LogP contribution in [0.1, 0.15) is 32.8 Å². The van der Waals surface area contributed by atoms with Gasteiger partial charge < -0.3 is 10.4 Å². The maximum atomic E-state index is 12.1. The molecule has 0 heterocycles. The number of hydrogen-bond acceptors (Lipinski definition) is 2. The molecule has 2 N–H and O–H groups in total. The maximum Gasteiger partial charge on any atom is 0.227 e. The lowest BCUT2D eigenvalue weighted by atomic mass is 9.97. The normalized spacial score (nSPS) is 11.7. The van der Waals surface area contributed by atoms with Gasteiger partial charge in [-0.25, -0.2) is 0 Å². The highest BCUT2D eigenvalue weighted by atomic mass is 35.5. The maximum absolute atomic E-state index is 12.1. The Hall–Kier alpha value is -1.50. The van der Waals surface area contributed by atoms with Crippen LogP contribution >= 0.6 is 11.6 Å². The number of benzene rings is 1. The minimum Gasteiger partial charge on any atom is -0.395 e. The monoisotopic (exact) mass is 293 g/mol. The topological polar surface area (TPSA) is 49.3 Å². The minimum atomic E-state index is -0.0905. The van der Waals surface area contributed by atoms with Crippen molar-refractivity contribution in [3.8, 4) is 11.8 Å². The fourth-order valence-electron chi connectivity index (χ4n) is 1.49. The molecule has 1 aromatic carbocycles. The average molecular weight is 294 g/mol. The Balaban J connectivity index is 2.96. The Morgan fingerprint density at radius 2 is 2.10 bits per heavy atom. The Morgan fingerprint density at radius 3 is 2.70 bits per heavy atom. The van der Waals surface area contributed by atoms with Crippen LogP contribution in [-0.2, 0) is 4.79 Å². The molecule has 1 atom stereocenters. The lowest BCUT2D eigenvalue weighted by molar-refractivity contribution is -0.120. The lowest BCUT2D eigenvalue weighted by Gasteiger charge is -2.16. The van der Waals surface area contributed by atoms with Gasteiger partial charge in [-0.3, -0.25) is 4.79 Å². The van der Waals surface area contributed by atoms with E-state index in [1.807, 2.05) is 20.8 Å². The third-order valence-electron chi connectivity index (χ3n) is 3.11. The molecule has 0 aliphatic rings. The van der Waals surface area contributed by atoms with Gasteiger partial charge in [0.05, 0.1) is 12.3 Å². The van der Waals surface area contributed by atoms with Crippen LogP contribution < -0.4 is 5.32 Å². The summed E-state index contributed by atoms with van der Waals surface area (Å²) in [6, 6.07) is 5.18. The first kappa shape index (κ1) is 16.6. The largest absolute Gasteiger partial charge is 0.395 e. The first-order valence-corrected chi connectivity index (χ1v) is 7.03. The fraction of sp³-hybridized carbons (Fsp3) is 0.438. The van der Waals surface area contributed by atoms with Crippen LogP contribution in [-0.4, -0.2) is 17.6 Å². The number of aliphatic hydroxyl groups excluding tert-OH is 1. The van der Waals surface area contributed by atoms with Gasteiger partial charge in [-0.15, -0.1) is 0 Å². The Bertz CT molecular complexity index is 529. The molecule has 3 nitrogen and oxygen atoms in total. The van der Waals surface area contributed by atoms with Crippen molar-refractivity contribution >= 4 is 23.2 Å². The van der Waals surface area contributed by atoms with Crippen molar-refractivity contribution in [3.63, 3.8) is 0 Å². The first-order chi connectivity index (χ1) is 9.45. The second kappa shape index (κ2) is 7.94. The van der Waals surface area contributed by atoms with E-state index in [9.17, 15) is 4.79 Å². The number of carbonyl (C=O) groups is 1. The van der Waals surface area contributed by atoms with E-state index >= 15 is 0 Å². The van der Waals surface area contributed by atoms with Gasteiger partial charge in [-0.1, -0.05) is 44.2 Å². The summed E-state index contributed by atoms with van der Waals surface area (Å²) in [5, 5.41) is 12.2. The molecule has 1 unspecified atom stereocenters. The Kier molecular flexibility index (Phi) is 6.57. The number of carbonyl (C=O) groups excluding carboxylic acids is 1. The van der Waals surface area contributed by atoms with E-state index in [0.717, 1.165) is 0 Å². The summed E-state index contributed by atoms with van der Waals surface area (Å²) < 4.78 is 0. The van der Waals surface area contributed by atoms with Crippen LogP contribution in [0.15, 0.2) is 18.2 Å². The molecule has 4 heteroatoms. The SMILES string of the molecule is CC(C)C(C)C(=O)Nc1cc(Cl)ccc1C#CCCO. The molecule has 0 aromatic heterocycles. The molecule has 0 fully saturated rings. The zero-order valence-corrected chi connectivity index (χ0v) is 12.8. The molecule has 0 aliphatic heterocycles. The van der Waals surface area contributed by atoms with E-state index in [-0.39, 0.29) is 24.3 Å². The predicted molar refractivity (Wildman–Crippen MR) is 82.7 cm³/mol. The van der Waals surface area contributed by atoms with Crippen molar-refractivity contribution in [1.82, 2.24) is 0 Å². The highest BCUT2D eigenvalue weighted by Crippen LogP contribution is 2.22. The summed E-state index contributed by atoms with van der Waals surface area (Å²) in [6.07, 6.45) is 0.401. The molecule has 0 radical (unpaired) electrons. The summed E-state index contributed by atoms with van der Waals surface area (Å²) in [5.74, 6) is 5.90. The van der Waals surface area contributed by atoms with Gasteiger partial charge in [0.15, 0.2) is 0 Å². The number of rotatable bonds is 4. The molecule has 108 valence electrons. The molecule has 20 heavy (non-hydrogen) atoms. The van der Waals surface area contributed by atoms with E-state index in [1.165, 1.54) is 0 Å². The minimum absolute atomic E-state index is 0.0205. The highest BCUT2D eigenvalue weighted by Gasteiger charge is 2.17. The second-order valence-corrected chi connectivity index (χ2v) is 5.42. The van der Waals surface area contributed by atoms with Crippen molar-refractivity contribution in [2.24, 2.45) is 11.8 Å². The zero-order chi connectivity index (χ0) is 15.1. The van der Waals surface area contributed by atoms with Gasteiger partial charge >= 0.3 is 0 Å². The Morgan fingerprint density at radius 1 is 1.40 bits per heavy atom. The number of aliphatic hydroxyl groups is 1. The van der Waals surface area contributed by atoms with Gasteiger partial charge in [0, 0.05) is 22.9 Å². The third-order valence-corrected chi connectivity index (χ3v) is 3.35. The van der Waals surface area contributed by atoms with Crippen LogP contribution in [0.3, 0.4) is 0 Å². The van der Waals surface area contributed by atoms with E-state index in [4.69, 9.17) is 16.7 Å². The van der Waals surface area contributed by atoms with Gasteiger partial charge in [-0.2, -0.15) is 0 Å². The highest BCUT2D eigenvalue weighted by molar-refractivity contribution is 6.31. The van der Waals surface area contributed by atoms with E-state index in [0.29, 0.717) is 22.7 Å². The quantitative estimate of drug-likeness (QED) is 0.837. The van der Waals surface area contributed by atoms with Crippen molar-refractivity contribution in [1.29, 1.82) is 0 Å². The van der Waals surface area contributed by atoms with E-state index in [1.54, 1.807) is 18.2 Å². The van der Waals surface area contributed by atoms with E-state index < -0.39 is 0 Å². The van der Waals surface area contributed by atoms with Gasteiger partial charge in [0.25, 0.3) is 0 Å².